The molecule has 27 heavy (non-hydrogen) atoms. The average molecular weight is 385 g/mol. The quantitative estimate of drug-likeness (QED) is 0.829. The van der Waals surface area contributed by atoms with Crippen LogP contribution < -0.4 is 10.0 Å². The summed E-state index contributed by atoms with van der Waals surface area (Å²) >= 11 is 0. The Bertz CT molecular complexity index is 993. The van der Waals surface area contributed by atoms with Crippen molar-refractivity contribution in [3.05, 3.63) is 65.2 Å². The summed E-state index contributed by atoms with van der Waals surface area (Å²) in [7, 11) is -3.54. The maximum atomic E-state index is 12.3. The summed E-state index contributed by atoms with van der Waals surface area (Å²) in [5.74, 6) is 0.214. The first-order valence-corrected chi connectivity index (χ1v) is 10.2. The van der Waals surface area contributed by atoms with E-state index in [1.807, 2.05) is 32.9 Å². The van der Waals surface area contributed by atoms with E-state index in [1.165, 1.54) is 0 Å². The number of nitrogens with zero attached hydrogens (tertiary/aromatic N) is 1. The molecule has 2 aromatic rings. The van der Waals surface area contributed by atoms with E-state index < -0.39 is 10.0 Å². The number of rotatable bonds is 5. The van der Waals surface area contributed by atoms with Crippen molar-refractivity contribution in [3.63, 3.8) is 0 Å². The molecule has 1 amide bonds. The summed E-state index contributed by atoms with van der Waals surface area (Å²) in [5, 5.41) is 2.92. The third-order valence-electron chi connectivity index (χ3n) is 4.37. The lowest BCUT2D eigenvalue weighted by Crippen LogP contribution is -2.36. The topological polar surface area (TPSA) is 87.6 Å². The molecule has 7 heteroatoms. The van der Waals surface area contributed by atoms with Crippen LogP contribution in [0.4, 0.5) is 0 Å². The van der Waals surface area contributed by atoms with Crippen LogP contribution in [0.25, 0.3) is 0 Å². The first-order valence-electron chi connectivity index (χ1n) is 8.69. The van der Waals surface area contributed by atoms with Gasteiger partial charge >= 0.3 is 0 Å². The summed E-state index contributed by atoms with van der Waals surface area (Å²) < 4.78 is 26.8. The van der Waals surface area contributed by atoms with E-state index in [-0.39, 0.29) is 16.2 Å². The number of aryl methyl sites for hydroxylation is 1. The molecule has 0 spiro atoms. The molecule has 1 heterocycles. The van der Waals surface area contributed by atoms with Gasteiger partial charge in [-0.05, 0) is 31.2 Å². The summed E-state index contributed by atoms with van der Waals surface area (Å²) in [4.78, 5) is 17.0. The number of sulfonamides is 1. The molecule has 0 saturated carbocycles. The minimum atomic E-state index is -3.54. The smallest absolute Gasteiger partial charge is 0.263 e. The molecule has 2 N–H and O–H groups in total. The molecule has 3 rings (SSSR count). The molecule has 0 radical (unpaired) electrons. The van der Waals surface area contributed by atoms with Crippen LogP contribution >= 0.6 is 0 Å². The lowest BCUT2D eigenvalue weighted by atomic mass is 9.93. The van der Waals surface area contributed by atoms with Gasteiger partial charge in [-0.25, -0.2) is 8.42 Å². The van der Waals surface area contributed by atoms with Crippen LogP contribution in [-0.4, -0.2) is 33.3 Å². The summed E-state index contributed by atoms with van der Waals surface area (Å²) in [6.45, 7) is 6.71. The third kappa shape index (κ3) is 4.36. The van der Waals surface area contributed by atoms with Crippen molar-refractivity contribution in [1.29, 1.82) is 0 Å². The van der Waals surface area contributed by atoms with E-state index in [1.54, 1.807) is 36.4 Å². The highest BCUT2D eigenvalue weighted by Gasteiger charge is 2.30. The van der Waals surface area contributed by atoms with E-state index >= 15 is 0 Å². The average Bonchev–Trinajstić information content (AvgIpc) is 2.90. The lowest BCUT2D eigenvalue weighted by Gasteiger charge is -2.23. The van der Waals surface area contributed by atoms with Crippen molar-refractivity contribution in [3.8, 4) is 0 Å². The zero-order chi connectivity index (χ0) is 19.7. The second-order valence-electron chi connectivity index (χ2n) is 7.48. The van der Waals surface area contributed by atoms with Crippen LogP contribution in [0, 0.1) is 12.3 Å². The SMILES string of the molecule is Cc1ccc(C(=O)NCC(C)(C)CN=C2NS(=O)(=O)c3ccccc32)cc1. The minimum absolute atomic E-state index is 0.136. The number of benzene rings is 2. The molecular weight excluding hydrogens is 362 g/mol. The van der Waals surface area contributed by atoms with Gasteiger partial charge in [0.2, 0.25) is 0 Å². The zero-order valence-corrected chi connectivity index (χ0v) is 16.4. The molecule has 1 aliphatic rings. The maximum Gasteiger partial charge on any atom is 0.263 e. The van der Waals surface area contributed by atoms with E-state index in [0.29, 0.717) is 30.1 Å². The maximum absolute atomic E-state index is 12.3. The number of amidine groups is 1. The highest BCUT2D eigenvalue weighted by Crippen LogP contribution is 2.23. The monoisotopic (exact) mass is 385 g/mol. The second kappa shape index (κ2) is 7.15. The van der Waals surface area contributed by atoms with Crippen molar-refractivity contribution in [1.82, 2.24) is 10.0 Å². The van der Waals surface area contributed by atoms with Crippen LogP contribution in [0.1, 0.15) is 35.3 Å². The fraction of sp³-hybridized carbons (Fsp3) is 0.300. The minimum Gasteiger partial charge on any atom is -0.351 e. The number of aliphatic imine (C=N–C) groups is 1. The summed E-state index contributed by atoms with van der Waals surface area (Å²) in [5.41, 5.74) is 1.95. The predicted molar refractivity (Wildman–Crippen MR) is 105 cm³/mol. The van der Waals surface area contributed by atoms with Gasteiger partial charge in [0, 0.05) is 29.6 Å². The first kappa shape index (κ1) is 19.1. The van der Waals surface area contributed by atoms with Crippen molar-refractivity contribution in [2.24, 2.45) is 10.4 Å². The van der Waals surface area contributed by atoms with E-state index in [4.69, 9.17) is 0 Å². The number of amides is 1. The lowest BCUT2D eigenvalue weighted by molar-refractivity contribution is 0.0938. The van der Waals surface area contributed by atoms with Crippen LogP contribution in [0.2, 0.25) is 0 Å². The highest BCUT2D eigenvalue weighted by atomic mass is 32.2. The van der Waals surface area contributed by atoms with Gasteiger partial charge in [-0.3, -0.25) is 14.5 Å². The number of nitrogens with one attached hydrogen (secondary N) is 2. The molecular formula is C20H23N3O3S. The van der Waals surface area contributed by atoms with E-state index in [9.17, 15) is 13.2 Å². The molecule has 0 bridgehead atoms. The molecule has 1 aliphatic heterocycles. The van der Waals surface area contributed by atoms with Crippen molar-refractivity contribution in [2.75, 3.05) is 13.1 Å². The molecule has 0 atom stereocenters. The van der Waals surface area contributed by atoms with Gasteiger partial charge in [0.25, 0.3) is 15.9 Å². The van der Waals surface area contributed by atoms with Crippen LogP contribution in [0.5, 0.6) is 0 Å². The van der Waals surface area contributed by atoms with E-state index in [2.05, 4.69) is 15.0 Å². The number of carbonyl (C=O) groups is 1. The second-order valence-corrected chi connectivity index (χ2v) is 9.13. The van der Waals surface area contributed by atoms with Crippen LogP contribution in [0.15, 0.2) is 58.4 Å². The molecule has 0 aliphatic carbocycles. The van der Waals surface area contributed by atoms with Gasteiger partial charge in [-0.1, -0.05) is 43.7 Å². The Kier molecular flexibility index (Phi) is 5.06. The molecule has 0 fully saturated rings. The van der Waals surface area contributed by atoms with Gasteiger partial charge in [-0.15, -0.1) is 0 Å². The van der Waals surface area contributed by atoms with Crippen LogP contribution in [0.3, 0.4) is 0 Å². The van der Waals surface area contributed by atoms with Gasteiger partial charge in [0.05, 0.1) is 4.90 Å². The zero-order valence-electron chi connectivity index (χ0n) is 15.6. The predicted octanol–water partition coefficient (Wildman–Crippen LogP) is 2.49. The first-order chi connectivity index (χ1) is 12.7. The van der Waals surface area contributed by atoms with Gasteiger partial charge in [-0.2, -0.15) is 0 Å². The summed E-state index contributed by atoms with van der Waals surface area (Å²) in [6, 6.07) is 14.1. The Labute approximate surface area is 159 Å². The number of carbonyl (C=O) groups excluding carboxylic acids is 1. The highest BCUT2D eigenvalue weighted by molar-refractivity contribution is 7.90. The normalized spacial score (nSPS) is 16.6. The Balaban J connectivity index is 1.66. The number of fused-ring (bicyclic) bond motifs is 1. The van der Waals surface area contributed by atoms with Gasteiger partial charge in [0.1, 0.15) is 5.84 Å². The van der Waals surface area contributed by atoms with Gasteiger partial charge in [0.15, 0.2) is 0 Å². The van der Waals surface area contributed by atoms with Crippen LogP contribution in [-0.2, 0) is 10.0 Å². The Morgan fingerprint density at radius 1 is 1.11 bits per heavy atom. The fourth-order valence-corrected chi connectivity index (χ4v) is 3.98. The molecule has 0 aromatic heterocycles. The third-order valence-corrected chi connectivity index (χ3v) is 5.77. The number of hydrogen-bond acceptors (Lipinski definition) is 4. The van der Waals surface area contributed by atoms with E-state index in [0.717, 1.165) is 5.56 Å². The molecule has 0 unspecified atom stereocenters. The van der Waals surface area contributed by atoms with Gasteiger partial charge < -0.3 is 5.32 Å². The molecule has 0 saturated heterocycles. The van der Waals surface area contributed by atoms with Crippen molar-refractivity contribution in [2.45, 2.75) is 25.7 Å². The summed E-state index contributed by atoms with van der Waals surface area (Å²) in [6.07, 6.45) is 0. The molecule has 2 aromatic carbocycles. The molecule has 142 valence electrons. The Hall–Kier alpha value is -2.67. The Morgan fingerprint density at radius 3 is 2.48 bits per heavy atom. The standard InChI is InChI=1S/C20H23N3O3S/c1-14-8-10-15(11-9-14)19(24)22-13-20(2,3)12-21-18-16-6-4-5-7-17(16)27(25,26)23-18/h4-11H,12-13H2,1-3H3,(H,21,23)(H,22,24). The fourth-order valence-electron chi connectivity index (χ4n) is 2.73. The molecule has 6 nitrogen and oxygen atoms in total. The van der Waals surface area contributed by atoms with Crippen molar-refractivity contribution < 1.29 is 13.2 Å². The number of hydrogen-bond donors (Lipinski definition) is 2. The Morgan fingerprint density at radius 2 is 1.78 bits per heavy atom. The van der Waals surface area contributed by atoms with Crippen molar-refractivity contribution >= 4 is 21.8 Å². The largest absolute Gasteiger partial charge is 0.351 e.